The summed E-state index contributed by atoms with van der Waals surface area (Å²) in [6.45, 7) is 0.742. The maximum absolute atomic E-state index is 5.71. The van der Waals surface area contributed by atoms with Gasteiger partial charge in [-0.05, 0) is 30.9 Å². The zero-order valence-corrected chi connectivity index (χ0v) is 9.09. The second-order valence-electron chi connectivity index (χ2n) is 3.46. The van der Waals surface area contributed by atoms with Crippen LogP contribution in [0.1, 0.15) is 24.8 Å². The summed E-state index contributed by atoms with van der Waals surface area (Å²) in [6.07, 6.45) is 4.34. The maximum Gasteiger partial charge on any atom is 0.0731 e. The molecule has 0 atom stereocenters. The smallest absolute Gasteiger partial charge is 0.0731 e. The first-order valence-corrected chi connectivity index (χ1v) is 5.50. The van der Waals surface area contributed by atoms with Gasteiger partial charge in [-0.1, -0.05) is 34.1 Å². The van der Waals surface area contributed by atoms with Gasteiger partial charge in [-0.2, -0.15) is 0 Å². The summed E-state index contributed by atoms with van der Waals surface area (Å²) in [7, 11) is 0. The summed E-state index contributed by atoms with van der Waals surface area (Å²) < 4.78 is 6.86. The van der Waals surface area contributed by atoms with Crippen molar-refractivity contribution in [2.24, 2.45) is 0 Å². The van der Waals surface area contributed by atoms with Crippen molar-refractivity contribution in [1.29, 1.82) is 0 Å². The third-order valence-electron chi connectivity index (χ3n) is 2.48. The van der Waals surface area contributed by atoms with E-state index in [4.69, 9.17) is 4.74 Å². The van der Waals surface area contributed by atoms with E-state index in [9.17, 15) is 0 Å². The fraction of sp³-hybridized carbons (Fsp3) is 0.455. The SMILES string of the molecule is Brc1ccccc1COC1CCC1. The van der Waals surface area contributed by atoms with Crippen LogP contribution in [0.4, 0.5) is 0 Å². The summed E-state index contributed by atoms with van der Waals surface area (Å²) in [4.78, 5) is 0. The third-order valence-corrected chi connectivity index (χ3v) is 3.26. The topological polar surface area (TPSA) is 9.23 Å². The van der Waals surface area contributed by atoms with Gasteiger partial charge >= 0.3 is 0 Å². The maximum atomic E-state index is 5.71. The van der Waals surface area contributed by atoms with Crippen molar-refractivity contribution in [3.8, 4) is 0 Å². The van der Waals surface area contributed by atoms with Crippen molar-refractivity contribution in [2.45, 2.75) is 32.0 Å². The summed E-state index contributed by atoms with van der Waals surface area (Å²) >= 11 is 3.51. The van der Waals surface area contributed by atoms with Gasteiger partial charge in [-0.3, -0.25) is 0 Å². The molecule has 0 unspecified atom stereocenters. The fourth-order valence-electron chi connectivity index (χ4n) is 1.36. The van der Waals surface area contributed by atoms with Crippen LogP contribution in [0.2, 0.25) is 0 Å². The van der Waals surface area contributed by atoms with E-state index < -0.39 is 0 Å². The van der Waals surface area contributed by atoms with Crippen molar-refractivity contribution in [2.75, 3.05) is 0 Å². The number of ether oxygens (including phenoxy) is 1. The molecule has 1 aliphatic rings. The van der Waals surface area contributed by atoms with Crippen LogP contribution in [-0.4, -0.2) is 6.10 Å². The second-order valence-corrected chi connectivity index (χ2v) is 4.31. The molecule has 2 heteroatoms. The van der Waals surface area contributed by atoms with Gasteiger partial charge in [0.15, 0.2) is 0 Å². The molecule has 0 aliphatic heterocycles. The molecule has 70 valence electrons. The zero-order chi connectivity index (χ0) is 9.10. The highest BCUT2D eigenvalue weighted by molar-refractivity contribution is 9.10. The Morgan fingerprint density at radius 2 is 2.08 bits per heavy atom. The average molecular weight is 241 g/mol. The lowest BCUT2D eigenvalue weighted by molar-refractivity contribution is -0.00889. The molecule has 0 aromatic heterocycles. The quantitative estimate of drug-likeness (QED) is 0.786. The normalized spacial score (nSPS) is 17.0. The van der Waals surface area contributed by atoms with Crippen LogP contribution in [0.3, 0.4) is 0 Å². The second kappa shape index (κ2) is 4.25. The molecule has 0 spiro atoms. The number of rotatable bonds is 3. The molecule has 1 fully saturated rings. The Hall–Kier alpha value is -0.340. The number of benzene rings is 1. The molecule has 0 saturated heterocycles. The van der Waals surface area contributed by atoms with E-state index in [1.807, 2.05) is 12.1 Å². The lowest BCUT2D eigenvalue weighted by Crippen LogP contribution is -2.21. The summed E-state index contributed by atoms with van der Waals surface area (Å²) in [5.74, 6) is 0. The van der Waals surface area contributed by atoms with E-state index in [1.54, 1.807) is 0 Å². The summed E-state index contributed by atoms with van der Waals surface area (Å²) in [5, 5.41) is 0. The van der Waals surface area contributed by atoms with E-state index in [-0.39, 0.29) is 0 Å². The van der Waals surface area contributed by atoms with E-state index >= 15 is 0 Å². The highest BCUT2D eigenvalue weighted by Crippen LogP contribution is 2.24. The molecule has 0 heterocycles. The Morgan fingerprint density at radius 1 is 1.31 bits per heavy atom. The molecular formula is C11H13BrO. The minimum Gasteiger partial charge on any atom is -0.374 e. The molecule has 0 radical (unpaired) electrons. The van der Waals surface area contributed by atoms with E-state index in [0.29, 0.717) is 6.10 Å². The largest absolute Gasteiger partial charge is 0.374 e. The summed E-state index contributed by atoms with van der Waals surface area (Å²) in [5.41, 5.74) is 1.24. The Kier molecular flexibility index (Phi) is 3.01. The zero-order valence-electron chi connectivity index (χ0n) is 7.50. The standard InChI is InChI=1S/C11H13BrO/c12-11-7-2-1-4-9(11)8-13-10-5-3-6-10/h1-2,4,7,10H,3,5-6,8H2. The van der Waals surface area contributed by atoms with E-state index in [2.05, 4.69) is 28.1 Å². The van der Waals surface area contributed by atoms with Crippen molar-refractivity contribution in [3.63, 3.8) is 0 Å². The molecule has 1 aromatic carbocycles. The lowest BCUT2D eigenvalue weighted by Gasteiger charge is -2.25. The van der Waals surface area contributed by atoms with Gasteiger partial charge in [0, 0.05) is 4.47 Å². The van der Waals surface area contributed by atoms with Crippen LogP contribution in [0.15, 0.2) is 28.7 Å². The van der Waals surface area contributed by atoms with Crippen molar-refractivity contribution in [1.82, 2.24) is 0 Å². The Labute approximate surface area is 87.2 Å². The molecule has 0 N–H and O–H groups in total. The number of halogens is 1. The Bertz CT molecular complexity index is 281. The van der Waals surface area contributed by atoms with E-state index in [0.717, 1.165) is 11.1 Å². The van der Waals surface area contributed by atoms with Crippen LogP contribution in [0.5, 0.6) is 0 Å². The predicted molar refractivity (Wildman–Crippen MR) is 56.6 cm³/mol. The summed E-state index contributed by atoms with van der Waals surface area (Å²) in [6, 6.07) is 8.23. The first-order valence-electron chi connectivity index (χ1n) is 4.71. The number of hydrogen-bond acceptors (Lipinski definition) is 1. The molecule has 1 saturated carbocycles. The molecule has 13 heavy (non-hydrogen) atoms. The highest BCUT2D eigenvalue weighted by Gasteiger charge is 2.17. The first-order chi connectivity index (χ1) is 6.36. The van der Waals surface area contributed by atoms with Crippen LogP contribution in [0.25, 0.3) is 0 Å². The lowest BCUT2D eigenvalue weighted by atomic mass is 9.96. The molecule has 0 bridgehead atoms. The molecule has 2 rings (SSSR count). The predicted octanol–water partition coefficient (Wildman–Crippen LogP) is 3.52. The van der Waals surface area contributed by atoms with E-state index in [1.165, 1.54) is 24.8 Å². The first kappa shape index (κ1) is 9.22. The molecule has 1 nitrogen and oxygen atoms in total. The Balaban J connectivity index is 1.89. The Morgan fingerprint density at radius 3 is 2.69 bits per heavy atom. The highest BCUT2D eigenvalue weighted by atomic mass is 79.9. The van der Waals surface area contributed by atoms with Gasteiger partial charge in [-0.15, -0.1) is 0 Å². The van der Waals surface area contributed by atoms with Crippen LogP contribution in [-0.2, 0) is 11.3 Å². The van der Waals surface area contributed by atoms with Gasteiger partial charge in [0.2, 0.25) is 0 Å². The minimum atomic E-state index is 0.520. The number of hydrogen-bond donors (Lipinski definition) is 0. The molecule has 1 aromatic rings. The van der Waals surface area contributed by atoms with Gasteiger partial charge < -0.3 is 4.74 Å². The minimum absolute atomic E-state index is 0.520. The third kappa shape index (κ3) is 2.32. The average Bonchev–Trinajstić information content (AvgIpc) is 2.05. The van der Waals surface area contributed by atoms with Gasteiger partial charge in [0.1, 0.15) is 0 Å². The molecule has 0 amide bonds. The van der Waals surface area contributed by atoms with Crippen LogP contribution < -0.4 is 0 Å². The van der Waals surface area contributed by atoms with Gasteiger partial charge in [-0.25, -0.2) is 0 Å². The van der Waals surface area contributed by atoms with Gasteiger partial charge in [0.05, 0.1) is 12.7 Å². The fourth-order valence-corrected chi connectivity index (χ4v) is 1.76. The molecule has 1 aliphatic carbocycles. The van der Waals surface area contributed by atoms with Crippen LogP contribution >= 0.6 is 15.9 Å². The van der Waals surface area contributed by atoms with Crippen molar-refractivity contribution >= 4 is 15.9 Å². The van der Waals surface area contributed by atoms with Crippen LogP contribution in [0, 0.1) is 0 Å². The monoisotopic (exact) mass is 240 g/mol. The van der Waals surface area contributed by atoms with Crippen molar-refractivity contribution in [3.05, 3.63) is 34.3 Å². The molecular weight excluding hydrogens is 228 g/mol. The van der Waals surface area contributed by atoms with Gasteiger partial charge in [0.25, 0.3) is 0 Å². The van der Waals surface area contributed by atoms with Crippen molar-refractivity contribution < 1.29 is 4.74 Å².